The van der Waals surface area contributed by atoms with Gasteiger partial charge in [0.25, 0.3) is 0 Å². The molecule has 3 rings (SSSR count). The molecule has 0 saturated carbocycles. The summed E-state index contributed by atoms with van der Waals surface area (Å²) in [5.74, 6) is -0.409. The summed E-state index contributed by atoms with van der Waals surface area (Å²) in [5.41, 5.74) is 0.158. The molecule has 8 heteroatoms. The highest BCUT2D eigenvalue weighted by atomic mass is 16.4. The van der Waals surface area contributed by atoms with Gasteiger partial charge in [-0.25, -0.2) is 18.7 Å². The Morgan fingerprint density at radius 1 is 1.50 bits per heavy atom. The summed E-state index contributed by atoms with van der Waals surface area (Å²) in [7, 11) is 0. The second-order valence-electron chi connectivity index (χ2n) is 4.23. The molecule has 0 radical (unpaired) electrons. The monoisotopic (exact) mass is 274 g/mol. The molecule has 0 aliphatic carbocycles. The van der Waals surface area contributed by atoms with Crippen LogP contribution in [0.2, 0.25) is 0 Å². The van der Waals surface area contributed by atoms with Gasteiger partial charge in [0.2, 0.25) is 0 Å². The van der Waals surface area contributed by atoms with Crippen LogP contribution in [0.5, 0.6) is 0 Å². The van der Waals surface area contributed by atoms with Crippen LogP contribution in [0.25, 0.3) is 5.65 Å². The van der Waals surface area contributed by atoms with Gasteiger partial charge in [0, 0.05) is 12.4 Å². The molecule has 0 aromatic carbocycles. The fraction of sp³-hybridized carbons (Fsp3) is 0.167. The summed E-state index contributed by atoms with van der Waals surface area (Å²) < 4.78 is 7.87. The van der Waals surface area contributed by atoms with E-state index in [0.29, 0.717) is 17.2 Å². The molecule has 0 fully saturated rings. The number of aryl methyl sites for hydroxylation is 1. The van der Waals surface area contributed by atoms with E-state index in [1.807, 2.05) is 0 Å². The van der Waals surface area contributed by atoms with E-state index in [0.717, 1.165) is 0 Å². The zero-order valence-corrected chi connectivity index (χ0v) is 10.5. The SMILES string of the molecule is Cc1oc(Cn2nc3cnccn3c2=O)cc1C(=O)O. The number of carboxylic acid groups (broad SMARTS) is 1. The lowest BCUT2D eigenvalue weighted by molar-refractivity contribution is 0.0695. The van der Waals surface area contributed by atoms with Crippen molar-refractivity contribution in [2.45, 2.75) is 13.5 Å². The first-order valence-electron chi connectivity index (χ1n) is 5.78. The number of hydrogen-bond donors (Lipinski definition) is 1. The molecule has 3 aromatic heterocycles. The molecule has 8 nitrogen and oxygen atoms in total. The van der Waals surface area contributed by atoms with Crippen molar-refractivity contribution in [3.63, 3.8) is 0 Å². The number of aromatic carboxylic acids is 1. The van der Waals surface area contributed by atoms with E-state index >= 15 is 0 Å². The molecular weight excluding hydrogens is 264 g/mol. The van der Waals surface area contributed by atoms with Crippen LogP contribution in [0.3, 0.4) is 0 Å². The van der Waals surface area contributed by atoms with Gasteiger partial charge in [-0.3, -0.25) is 4.98 Å². The molecule has 20 heavy (non-hydrogen) atoms. The van der Waals surface area contributed by atoms with Crippen molar-refractivity contribution >= 4 is 11.6 Å². The maximum Gasteiger partial charge on any atom is 0.350 e. The number of nitrogens with zero attached hydrogens (tertiary/aromatic N) is 4. The molecule has 0 bridgehead atoms. The molecule has 3 aromatic rings. The molecule has 0 aliphatic heterocycles. The van der Waals surface area contributed by atoms with Gasteiger partial charge in [-0.15, -0.1) is 5.10 Å². The predicted octanol–water partition coefficient (Wildman–Crippen LogP) is 0.539. The molecule has 0 saturated heterocycles. The molecule has 0 spiro atoms. The number of aromatic nitrogens is 4. The Morgan fingerprint density at radius 2 is 2.30 bits per heavy atom. The highest BCUT2D eigenvalue weighted by Crippen LogP contribution is 2.15. The van der Waals surface area contributed by atoms with Gasteiger partial charge < -0.3 is 9.52 Å². The van der Waals surface area contributed by atoms with Crippen molar-refractivity contribution in [2.75, 3.05) is 0 Å². The van der Waals surface area contributed by atoms with Gasteiger partial charge in [-0.1, -0.05) is 0 Å². The van der Waals surface area contributed by atoms with Gasteiger partial charge in [-0.2, -0.15) is 0 Å². The zero-order valence-electron chi connectivity index (χ0n) is 10.5. The Morgan fingerprint density at radius 3 is 2.95 bits per heavy atom. The van der Waals surface area contributed by atoms with Crippen LogP contribution < -0.4 is 5.69 Å². The van der Waals surface area contributed by atoms with Gasteiger partial charge in [0.15, 0.2) is 5.65 Å². The first-order valence-corrected chi connectivity index (χ1v) is 5.78. The summed E-state index contributed by atoms with van der Waals surface area (Å²) in [4.78, 5) is 26.9. The van der Waals surface area contributed by atoms with Crippen LogP contribution in [-0.2, 0) is 6.54 Å². The summed E-state index contributed by atoms with van der Waals surface area (Å²) >= 11 is 0. The van der Waals surface area contributed by atoms with E-state index in [2.05, 4.69) is 10.1 Å². The minimum Gasteiger partial charge on any atom is -0.478 e. The Hall–Kier alpha value is -2.90. The lowest BCUT2D eigenvalue weighted by atomic mass is 10.2. The van der Waals surface area contributed by atoms with Crippen LogP contribution in [-0.4, -0.2) is 30.2 Å². The molecular formula is C12H10N4O4. The predicted molar refractivity (Wildman–Crippen MR) is 66.8 cm³/mol. The summed E-state index contributed by atoms with van der Waals surface area (Å²) in [5, 5.41) is 13.0. The van der Waals surface area contributed by atoms with E-state index in [9.17, 15) is 9.59 Å². The molecule has 0 unspecified atom stereocenters. The van der Waals surface area contributed by atoms with Gasteiger partial charge in [-0.05, 0) is 13.0 Å². The number of fused-ring (bicyclic) bond motifs is 1. The average molecular weight is 274 g/mol. The number of carboxylic acids is 1. The lowest BCUT2D eigenvalue weighted by Gasteiger charge is -1.94. The number of carbonyl (C=O) groups is 1. The number of hydrogen-bond acceptors (Lipinski definition) is 5. The third-order valence-corrected chi connectivity index (χ3v) is 2.89. The summed E-state index contributed by atoms with van der Waals surface area (Å²) in [6, 6.07) is 1.40. The maximum atomic E-state index is 12.0. The second kappa shape index (κ2) is 4.34. The zero-order chi connectivity index (χ0) is 14.3. The van der Waals surface area contributed by atoms with E-state index in [-0.39, 0.29) is 17.8 Å². The normalized spacial score (nSPS) is 11.1. The number of rotatable bonds is 3. The van der Waals surface area contributed by atoms with Crippen LogP contribution in [0, 0.1) is 6.92 Å². The van der Waals surface area contributed by atoms with Crippen molar-refractivity contribution in [1.29, 1.82) is 0 Å². The topological polar surface area (TPSA) is 103 Å². The Balaban J connectivity index is 2.01. The third-order valence-electron chi connectivity index (χ3n) is 2.89. The summed E-state index contributed by atoms with van der Waals surface area (Å²) in [6.45, 7) is 1.62. The minimum atomic E-state index is -1.07. The molecule has 102 valence electrons. The van der Waals surface area contributed by atoms with Crippen LogP contribution >= 0.6 is 0 Å². The Bertz CT molecular complexity index is 858. The molecule has 0 atom stereocenters. The van der Waals surface area contributed by atoms with E-state index in [1.54, 1.807) is 6.92 Å². The summed E-state index contributed by atoms with van der Waals surface area (Å²) in [6.07, 6.45) is 4.46. The van der Waals surface area contributed by atoms with E-state index in [1.165, 1.54) is 33.7 Å². The van der Waals surface area contributed by atoms with Gasteiger partial charge in [0.1, 0.15) is 23.6 Å². The van der Waals surface area contributed by atoms with E-state index < -0.39 is 5.97 Å². The highest BCUT2D eigenvalue weighted by molar-refractivity contribution is 5.88. The average Bonchev–Trinajstić information content (AvgIpc) is 2.92. The Labute approximate surface area is 111 Å². The smallest absolute Gasteiger partial charge is 0.350 e. The largest absolute Gasteiger partial charge is 0.478 e. The second-order valence-corrected chi connectivity index (χ2v) is 4.23. The quantitative estimate of drug-likeness (QED) is 0.747. The van der Waals surface area contributed by atoms with Gasteiger partial charge in [0.05, 0.1) is 6.20 Å². The van der Waals surface area contributed by atoms with Crippen LogP contribution in [0.4, 0.5) is 0 Å². The van der Waals surface area contributed by atoms with Crippen molar-refractivity contribution in [2.24, 2.45) is 0 Å². The molecule has 3 heterocycles. The van der Waals surface area contributed by atoms with Gasteiger partial charge >= 0.3 is 11.7 Å². The van der Waals surface area contributed by atoms with Crippen LogP contribution in [0.15, 0.2) is 33.9 Å². The first-order chi connectivity index (χ1) is 9.56. The standard InChI is InChI=1S/C12H10N4O4/c1-7-9(11(17)18)4-8(20-7)6-16-12(19)15-3-2-13-5-10(15)14-16/h2-5H,6H2,1H3,(H,17,18). The van der Waals surface area contributed by atoms with Crippen molar-refractivity contribution in [3.05, 3.63) is 52.2 Å². The van der Waals surface area contributed by atoms with Crippen LogP contribution in [0.1, 0.15) is 21.9 Å². The lowest BCUT2D eigenvalue weighted by Crippen LogP contribution is -2.21. The fourth-order valence-electron chi connectivity index (χ4n) is 1.96. The van der Waals surface area contributed by atoms with E-state index in [4.69, 9.17) is 9.52 Å². The molecule has 0 amide bonds. The highest BCUT2D eigenvalue weighted by Gasteiger charge is 2.15. The molecule has 1 N–H and O–H groups in total. The third kappa shape index (κ3) is 1.87. The first kappa shape index (κ1) is 12.2. The van der Waals surface area contributed by atoms with Crippen molar-refractivity contribution < 1.29 is 14.3 Å². The minimum absolute atomic E-state index is 0.0641. The fourth-order valence-corrected chi connectivity index (χ4v) is 1.96. The van der Waals surface area contributed by atoms with Crippen molar-refractivity contribution in [3.8, 4) is 0 Å². The number of furan rings is 1. The van der Waals surface area contributed by atoms with Crippen molar-refractivity contribution in [1.82, 2.24) is 19.2 Å². The molecule has 0 aliphatic rings. The Kier molecular flexibility index (Phi) is 2.63. The maximum absolute atomic E-state index is 12.0.